The molecule has 22 heavy (non-hydrogen) atoms. The molecule has 6 heteroatoms. The smallest absolute Gasteiger partial charge is 0.170 e. The number of rotatable bonds is 7. The summed E-state index contributed by atoms with van der Waals surface area (Å²) in [6.07, 6.45) is 2.94. The fourth-order valence-corrected chi connectivity index (χ4v) is 2.26. The van der Waals surface area contributed by atoms with Gasteiger partial charge in [0.1, 0.15) is 5.75 Å². The van der Waals surface area contributed by atoms with Crippen LogP contribution in [-0.4, -0.2) is 28.0 Å². The third-order valence-electron chi connectivity index (χ3n) is 3.06. The Morgan fingerprint density at radius 1 is 1.32 bits per heavy atom. The van der Waals surface area contributed by atoms with Crippen LogP contribution in [0.5, 0.6) is 5.75 Å². The molecule has 0 spiro atoms. The van der Waals surface area contributed by atoms with Gasteiger partial charge in [-0.15, -0.1) is 0 Å². The van der Waals surface area contributed by atoms with Crippen molar-refractivity contribution in [1.29, 1.82) is 0 Å². The highest BCUT2D eigenvalue weighted by Gasteiger charge is 2.04. The molecule has 0 radical (unpaired) electrons. The molecular formula is C16H22N4OS. The minimum absolute atomic E-state index is 0.601. The Hall–Kier alpha value is -2.08. The highest BCUT2D eigenvalue weighted by atomic mass is 32.1. The van der Waals surface area contributed by atoms with Crippen molar-refractivity contribution in [3.05, 3.63) is 42.2 Å². The lowest BCUT2D eigenvalue weighted by molar-refractivity contribution is 0.342. The summed E-state index contributed by atoms with van der Waals surface area (Å²) in [5, 5.41) is 11.3. The highest BCUT2D eigenvalue weighted by Crippen LogP contribution is 2.23. The first-order chi connectivity index (χ1) is 10.7. The van der Waals surface area contributed by atoms with E-state index in [-0.39, 0.29) is 0 Å². The predicted molar refractivity (Wildman–Crippen MR) is 93.4 cm³/mol. The van der Waals surface area contributed by atoms with Crippen molar-refractivity contribution in [2.75, 3.05) is 18.5 Å². The number of aryl methyl sites for hydroxylation is 2. The van der Waals surface area contributed by atoms with E-state index < -0.39 is 0 Å². The van der Waals surface area contributed by atoms with Crippen molar-refractivity contribution in [3.63, 3.8) is 0 Å². The van der Waals surface area contributed by atoms with E-state index in [2.05, 4.69) is 15.7 Å². The molecule has 0 aliphatic carbocycles. The molecule has 2 rings (SSSR count). The summed E-state index contributed by atoms with van der Waals surface area (Å²) >= 11 is 5.31. The van der Waals surface area contributed by atoms with Gasteiger partial charge in [-0.25, -0.2) is 0 Å². The maximum atomic E-state index is 5.56. The lowest BCUT2D eigenvalue weighted by atomic mass is 10.3. The van der Waals surface area contributed by atoms with Crippen LogP contribution in [0.25, 0.3) is 0 Å². The first-order valence-corrected chi connectivity index (χ1v) is 7.86. The second kappa shape index (κ2) is 8.38. The third kappa shape index (κ3) is 5.04. The Labute approximate surface area is 136 Å². The van der Waals surface area contributed by atoms with Gasteiger partial charge in [0.2, 0.25) is 0 Å². The van der Waals surface area contributed by atoms with E-state index in [0.29, 0.717) is 11.7 Å². The minimum atomic E-state index is 0.601. The SMILES string of the molecule is CCOc1ccccc1NC(=S)NCCCn1ccc(C)n1. The Balaban J connectivity index is 1.74. The molecule has 5 nitrogen and oxygen atoms in total. The van der Waals surface area contributed by atoms with Crippen LogP contribution in [-0.2, 0) is 6.54 Å². The zero-order chi connectivity index (χ0) is 15.8. The van der Waals surface area contributed by atoms with E-state index >= 15 is 0 Å². The van der Waals surface area contributed by atoms with Gasteiger partial charge in [-0.05, 0) is 50.7 Å². The number of para-hydroxylation sites is 2. The van der Waals surface area contributed by atoms with E-state index in [1.54, 1.807) is 0 Å². The van der Waals surface area contributed by atoms with Crippen LogP contribution < -0.4 is 15.4 Å². The lowest BCUT2D eigenvalue weighted by Crippen LogP contribution is -2.30. The number of anilines is 1. The van der Waals surface area contributed by atoms with E-state index in [9.17, 15) is 0 Å². The van der Waals surface area contributed by atoms with Crippen molar-refractivity contribution < 1.29 is 4.74 Å². The van der Waals surface area contributed by atoms with Crippen LogP contribution in [0.4, 0.5) is 5.69 Å². The van der Waals surface area contributed by atoms with Gasteiger partial charge in [-0.2, -0.15) is 5.10 Å². The summed E-state index contributed by atoms with van der Waals surface area (Å²) in [6.45, 7) is 6.25. The number of ether oxygens (including phenoxy) is 1. The van der Waals surface area contributed by atoms with E-state index in [4.69, 9.17) is 17.0 Å². The standard InChI is InChI=1S/C16H22N4OS/c1-3-21-15-8-5-4-7-14(15)18-16(22)17-10-6-11-20-12-9-13(2)19-20/h4-5,7-9,12H,3,6,10-11H2,1-2H3,(H2,17,18,22). The number of nitrogens with zero attached hydrogens (tertiary/aromatic N) is 2. The quantitative estimate of drug-likeness (QED) is 0.607. The molecule has 2 N–H and O–H groups in total. The maximum Gasteiger partial charge on any atom is 0.170 e. The maximum absolute atomic E-state index is 5.56. The number of thiocarbonyl (C=S) groups is 1. The van der Waals surface area contributed by atoms with Crippen molar-refractivity contribution >= 4 is 23.0 Å². The van der Waals surface area contributed by atoms with Gasteiger partial charge in [0.15, 0.2) is 5.11 Å². The van der Waals surface area contributed by atoms with Crippen LogP contribution in [0.1, 0.15) is 19.0 Å². The number of benzene rings is 1. The Morgan fingerprint density at radius 2 is 2.14 bits per heavy atom. The number of hydrogen-bond donors (Lipinski definition) is 2. The van der Waals surface area contributed by atoms with Crippen molar-refractivity contribution in [3.8, 4) is 5.75 Å². The van der Waals surface area contributed by atoms with Gasteiger partial charge < -0.3 is 15.4 Å². The van der Waals surface area contributed by atoms with Crippen molar-refractivity contribution in [1.82, 2.24) is 15.1 Å². The van der Waals surface area contributed by atoms with Crippen LogP contribution in [0.15, 0.2) is 36.5 Å². The van der Waals surface area contributed by atoms with Gasteiger partial charge in [0.05, 0.1) is 18.0 Å². The Morgan fingerprint density at radius 3 is 2.86 bits per heavy atom. The summed E-state index contributed by atoms with van der Waals surface area (Å²) in [5.74, 6) is 0.807. The van der Waals surface area contributed by atoms with E-state index in [0.717, 1.165) is 36.6 Å². The fraction of sp³-hybridized carbons (Fsp3) is 0.375. The number of hydrogen-bond acceptors (Lipinski definition) is 3. The molecule has 0 atom stereocenters. The molecule has 0 saturated heterocycles. The van der Waals surface area contributed by atoms with Crippen LogP contribution in [0.3, 0.4) is 0 Å². The molecule has 0 bridgehead atoms. The molecule has 1 heterocycles. The molecule has 118 valence electrons. The largest absolute Gasteiger partial charge is 0.492 e. The molecule has 2 aromatic rings. The van der Waals surface area contributed by atoms with Gasteiger partial charge in [-0.3, -0.25) is 4.68 Å². The topological polar surface area (TPSA) is 51.1 Å². The van der Waals surface area contributed by atoms with Crippen LogP contribution in [0.2, 0.25) is 0 Å². The number of nitrogens with one attached hydrogen (secondary N) is 2. The molecule has 1 aromatic carbocycles. The van der Waals surface area contributed by atoms with Crippen molar-refractivity contribution in [2.45, 2.75) is 26.8 Å². The molecule has 1 aromatic heterocycles. The third-order valence-corrected chi connectivity index (χ3v) is 3.31. The lowest BCUT2D eigenvalue weighted by Gasteiger charge is -2.14. The Kier molecular flexibility index (Phi) is 6.21. The molecule has 0 saturated carbocycles. The summed E-state index contributed by atoms with van der Waals surface area (Å²) < 4.78 is 7.50. The van der Waals surface area contributed by atoms with Crippen molar-refractivity contribution in [2.24, 2.45) is 0 Å². The monoisotopic (exact) mass is 318 g/mol. The molecule has 0 unspecified atom stereocenters. The average Bonchev–Trinajstić information content (AvgIpc) is 2.92. The molecule has 0 fully saturated rings. The van der Waals surface area contributed by atoms with Gasteiger partial charge in [0, 0.05) is 19.3 Å². The zero-order valence-corrected chi connectivity index (χ0v) is 13.8. The first kappa shape index (κ1) is 16.3. The molecule has 0 aliphatic rings. The fourth-order valence-electron chi connectivity index (χ4n) is 2.05. The summed E-state index contributed by atoms with van der Waals surface area (Å²) in [4.78, 5) is 0. The predicted octanol–water partition coefficient (Wildman–Crippen LogP) is 2.97. The normalized spacial score (nSPS) is 10.3. The van der Waals surface area contributed by atoms with E-state index in [1.807, 2.05) is 55.1 Å². The van der Waals surface area contributed by atoms with Gasteiger partial charge in [0.25, 0.3) is 0 Å². The van der Waals surface area contributed by atoms with Crippen LogP contribution >= 0.6 is 12.2 Å². The second-order valence-electron chi connectivity index (χ2n) is 4.88. The summed E-state index contributed by atoms with van der Waals surface area (Å²) in [7, 11) is 0. The average molecular weight is 318 g/mol. The number of aromatic nitrogens is 2. The van der Waals surface area contributed by atoms with Gasteiger partial charge >= 0.3 is 0 Å². The first-order valence-electron chi connectivity index (χ1n) is 7.45. The van der Waals surface area contributed by atoms with E-state index in [1.165, 1.54) is 0 Å². The van der Waals surface area contributed by atoms with Gasteiger partial charge in [-0.1, -0.05) is 12.1 Å². The highest BCUT2D eigenvalue weighted by molar-refractivity contribution is 7.80. The zero-order valence-electron chi connectivity index (χ0n) is 13.0. The minimum Gasteiger partial charge on any atom is -0.492 e. The molecular weight excluding hydrogens is 296 g/mol. The Bertz CT molecular complexity index is 612. The summed E-state index contributed by atoms with van der Waals surface area (Å²) in [6, 6.07) is 9.77. The molecule has 0 aliphatic heterocycles. The second-order valence-corrected chi connectivity index (χ2v) is 5.29. The van der Waals surface area contributed by atoms with Crippen LogP contribution in [0, 0.1) is 6.92 Å². The molecule has 0 amide bonds. The summed E-state index contributed by atoms with van der Waals surface area (Å²) in [5.41, 5.74) is 1.92.